The fourth-order valence-corrected chi connectivity index (χ4v) is 1.77. The molecule has 0 spiro atoms. The van der Waals surface area contributed by atoms with Gasteiger partial charge in [-0.2, -0.15) is 0 Å². The van der Waals surface area contributed by atoms with Crippen LogP contribution in [0.25, 0.3) is 0 Å². The molecular weight excluding hydrogens is 226 g/mol. The molecule has 0 aliphatic carbocycles. The van der Waals surface area contributed by atoms with E-state index in [2.05, 4.69) is 4.98 Å². The summed E-state index contributed by atoms with van der Waals surface area (Å²) in [5.41, 5.74) is 7.56. The van der Waals surface area contributed by atoms with Crippen LogP contribution >= 0.6 is 0 Å². The predicted octanol–water partition coefficient (Wildman–Crippen LogP) is 2.32. The average Bonchev–Trinajstić information content (AvgIpc) is 2.46. The van der Waals surface area contributed by atoms with Gasteiger partial charge in [-0.05, 0) is 23.8 Å². The Hall–Kier alpha value is -2.07. The molecule has 0 bridgehead atoms. The summed E-state index contributed by atoms with van der Waals surface area (Å²) in [7, 11) is 3.62. The summed E-state index contributed by atoms with van der Waals surface area (Å²) in [4.78, 5) is 6.38. The number of hydrogen-bond donors (Lipinski definition) is 1. The van der Waals surface area contributed by atoms with Crippen LogP contribution < -0.4 is 15.4 Å². The lowest BCUT2D eigenvalue weighted by atomic mass is 10.2. The number of hydrogen-bond acceptors (Lipinski definition) is 4. The number of aromatic nitrogens is 1. The van der Waals surface area contributed by atoms with Gasteiger partial charge in [0.05, 0.1) is 12.8 Å². The first-order valence-electron chi connectivity index (χ1n) is 5.78. The summed E-state index contributed by atoms with van der Waals surface area (Å²) in [6.45, 7) is 0.506. The minimum absolute atomic E-state index is 0.506. The number of benzene rings is 1. The summed E-state index contributed by atoms with van der Waals surface area (Å²) < 4.78 is 5.34. The van der Waals surface area contributed by atoms with Crippen LogP contribution in [-0.2, 0) is 6.54 Å². The number of ether oxygens (including phenoxy) is 1. The minimum Gasteiger partial charge on any atom is -0.495 e. The third kappa shape index (κ3) is 2.43. The number of rotatable bonds is 4. The zero-order valence-electron chi connectivity index (χ0n) is 10.6. The average molecular weight is 243 g/mol. The van der Waals surface area contributed by atoms with Crippen molar-refractivity contribution in [2.75, 3.05) is 19.1 Å². The fourth-order valence-electron chi connectivity index (χ4n) is 1.77. The van der Waals surface area contributed by atoms with Gasteiger partial charge >= 0.3 is 0 Å². The zero-order valence-corrected chi connectivity index (χ0v) is 10.6. The van der Waals surface area contributed by atoms with Gasteiger partial charge in [-0.1, -0.05) is 18.2 Å². The normalized spacial score (nSPS) is 10.2. The fraction of sp³-hybridized carbons (Fsp3) is 0.214. The Morgan fingerprint density at radius 3 is 2.61 bits per heavy atom. The summed E-state index contributed by atoms with van der Waals surface area (Å²) in [5, 5.41) is 0. The maximum Gasteiger partial charge on any atom is 0.142 e. The van der Waals surface area contributed by atoms with E-state index in [1.54, 1.807) is 13.3 Å². The molecule has 1 aromatic carbocycles. The van der Waals surface area contributed by atoms with Crippen molar-refractivity contribution < 1.29 is 4.74 Å². The van der Waals surface area contributed by atoms with Crippen LogP contribution in [0.4, 0.5) is 11.5 Å². The van der Waals surface area contributed by atoms with E-state index in [0.29, 0.717) is 6.54 Å². The number of nitrogens with two attached hydrogens (primary N) is 1. The quantitative estimate of drug-likeness (QED) is 0.895. The van der Waals surface area contributed by atoms with Crippen LogP contribution in [0, 0.1) is 0 Å². The lowest BCUT2D eigenvalue weighted by Gasteiger charge is -2.20. The van der Waals surface area contributed by atoms with Gasteiger partial charge in [0.2, 0.25) is 0 Å². The first-order valence-corrected chi connectivity index (χ1v) is 5.78. The van der Waals surface area contributed by atoms with E-state index >= 15 is 0 Å². The third-order valence-corrected chi connectivity index (χ3v) is 2.83. The van der Waals surface area contributed by atoms with Crippen molar-refractivity contribution in [2.24, 2.45) is 5.73 Å². The van der Waals surface area contributed by atoms with Crippen LogP contribution in [0.2, 0.25) is 0 Å². The second-order valence-electron chi connectivity index (χ2n) is 3.96. The number of pyridine rings is 1. The van der Waals surface area contributed by atoms with Crippen molar-refractivity contribution in [1.29, 1.82) is 0 Å². The first kappa shape index (κ1) is 12.4. The number of para-hydroxylation sites is 2. The van der Waals surface area contributed by atoms with Crippen LogP contribution in [0.15, 0.2) is 42.6 Å². The Kier molecular flexibility index (Phi) is 3.79. The Morgan fingerprint density at radius 1 is 1.22 bits per heavy atom. The molecule has 94 valence electrons. The highest BCUT2D eigenvalue weighted by atomic mass is 16.5. The molecule has 2 N–H and O–H groups in total. The highest BCUT2D eigenvalue weighted by molar-refractivity contribution is 5.66. The lowest BCUT2D eigenvalue weighted by molar-refractivity contribution is 0.415. The topological polar surface area (TPSA) is 51.4 Å². The summed E-state index contributed by atoms with van der Waals surface area (Å²) in [5.74, 6) is 1.68. The number of anilines is 2. The first-order chi connectivity index (χ1) is 8.76. The van der Waals surface area contributed by atoms with E-state index in [1.807, 2.05) is 48.3 Å². The van der Waals surface area contributed by atoms with Gasteiger partial charge < -0.3 is 15.4 Å². The molecule has 2 aromatic rings. The van der Waals surface area contributed by atoms with E-state index in [9.17, 15) is 0 Å². The molecule has 0 fully saturated rings. The van der Waals surface area contributed by atoms with Gasteiger partial charge in [0.1, 0.15) is 11.6 Å². The van der Waals surface area contributed by atoms with Crippen molar-refractivity contribution in [1.82, 2.24) is 4.98 Å². The lowest BCUT2D eigenvalue weighted by Crippen LogP contribution is -2.12. The SMILES string of the molecule is COc1ccccc1N(C)c1ccc(CN)cn1. The molecule has 0 saturated carbocycles. The number of nitrogens with zero attached hydrogens (tertiary/aromatic N) is 2. The highest BCUT2D eigenvalue weighted by Gasteiger charge is 2.09. The standard InChI is InChI=1S/C14H17N3O/c1-17(12-5-3-4-6-13(12)18-2)14-8-7-11(9-15)10-16-14/h3-8,10H,9,15H2,1-2H3. The summed E-state index contributed by atoms with van der Waals surface area (Å²) in [6, 6.07) is 11.8. The molecule has 18 heavy (non-hydrogen) atoms. The van der Waals surface area contributed by atoms with Gasteiger partial charge in [-0.15, -0.1) is 0 Å². The molecule has 0 unspecified atom stereocenters. The Labute approximate surface area is 107 Å². The van der Waals surface area contributed by atoms with E-state index in [-0.39, 0.29) is 0 Å². The van der Waals surface area contributed by atoms with Crippen molar-refractivity contribution in [3.8, 4) is 5.75 Å². The van der Waals surface area contributed by atoms with Gasteiger partial charge in [0.25, 0.3) is 0 Å². The number of methoxy groups -OCH3 is 1. The molecule has 4 heteroatoms. The van der Waals surface area contributed by atoms with E-state index in [4.69, 9.17) is 10.5 Å². The maximum atomic E-state index is 5.56. The van der Waals surface area contributed by atoms with Crippen molar-refractivity contribution in [3.63, 3.8) is 0 Å². The van der Waals surface area contributed by atoms with Crippen LogP contribution in [-0.4, -0.2) is 19.1 Å². The Morgan fingerprint density at radius 2 is 2.00 bits per heavy atom. The molecule has 0 amide bonds. The van der Waals surface area contributed by atoms with Gasteiger partial charge in [-0.3, -0.25) is 0 Å². The summed E-state index contributed by atoms with van der Waals surface area (Å²) in [6.07, 6.45) is 1.79. The monoisotopic (exact) mass is 243 g/mol. The molecule has 1 aromatic heterocycles. The van der Waals surface area contributed by atoms with Crippen molar-refractivity contribution >= 4 is 11.5 Å². The van der Waals surface area contributed by atoms with Crippen LogP contribution in [0.1, 0.15) is 5.56 Å². The van der Waals surface area contributed by atoms with Crippen molar-refractivity contribution in [2.45, 2.75) is 6.54 Å². The van der Waals surface area contributed by atoms with E-state index in [1.165, 1.54) is 0 Å². The van der Waals surface area contributed by atoms with Crippen LogP contribution in [0.3, 0.4) is 0 Å². The zero-order chi connectivity index (χ0) is 13.0. The van der Waals surface area contributed by atoms with Gasteiger partial charge in [-0.25, -0.2) is 4.98 Å². The molecule has 0 aliphatic heterocycles. The second kappa shape index (κ2) is 5.51. The summed E-state index contributed by atoms with van der Waals surface area (Å²) >= 11 is 0. The molecule has 0 radical (unpaired) electrons. The van der Waals surface area contributed by atoms with Gasteiger partial charge in [0, 0.05) is 19.8 Å². The largest absolute Gasteiger partial charge is 0.495 e. The third-order valence-electron chi connectivity index (χ3n) is 2.83. The van der Waals surface area contributed by atoms with E-state index in [0.717, 1.165) is 22.8 Å². The molecule has 0 saturated heterocycles. The maximum absolute atomic E-state index is 5.56. The molecule has 2 rings (SSSR count). The Bertz CT molecular complexity index is 511. The molecular formula is C14H17N3O. The smallest absolute Gasteiger partial charge is 0.142 e. The molecule has 0 aliphatic rings. The highest BCUT2D eigenvalue weighted by Crippen LogP contribution is 2.30. The van der Waals surface area contributed by atoms with Crippen LogP contribution in [0.5, 0.6) is 5.75 Å². The molecule has 0 atom stereocenters. The minimum atomic E-state index is 0.506. The van der Waals surface area contributed by atoms with Crippen molar-refractivity contribution in [3.05, 3.63) is 48.2 Å². The molecule has 1 heterocycles. The Balaban J connectivity index is 2.31. The molecule has 4 nitrogen and oxygen atoms in total. The van der Waals surface area contributed by atoms with E-state index < -0.39 is 0 Å². The van der Waals surface area contributed by atoms with Gasteiger partial charge in [0.15, 0.2) is 0 Å². The predicted molar refractivity (Wildman–Crippen MR) is 73.2 cm³/mol. The second-order valence-corrected chi connectivity index (χ2v) is 3.96.